The number of benzene rings is 1. The van der Waals surface area contributed by atoms with Gasteiger partial charge in [-0.1, -0.05) is 0 Å². The van der Waals surface area contributed by atoms with Gasteiger partial charge < -0.3 is 20.3 Å². The maximum absolute atomic E-state index is 9.31. The summed E-state index contributed by atoms with van der Waals surface area (Å²) in [6, 6.07) is 5.18. The molecular formula is C10H10N2O3. The molecule has 0 saturated heterocycles. The molecule has 1 spiro atoms. The van der Waals surface area contributed by atoms with Crippen molar-refractivity contribution in [2.45, 2.75) is 5.54 Å². The van der Waals surface area contributed by atoms with E-state index < -0.39 is 5.54 Å². The van der Waals surface area contributed by atoms with E-state index in [2.05, 4.69) is 4.99 Å². The van der Waals surface area contributed by atoms with Crippen LogP contribution in [0.2, 0.25) is 0 Å². The Hall–Kier alpha value is -1.91. The number of rotatable bonds is 0. The maximum Gasteiger partial charge on any atom is 0.283 e. The molecule has 0 aromatic heterocycles. The van der Waals surface area contributed by atoms with Crippen molar-refractivity contribution in [1.82, 2.24) is 0 Å². The summed E-state index contributed by atoms with van der Waals surface area (Å²) in [6.07, 6.45) is 0. The van der Waals surface area contributed by atoms with E-state index in [1.807, 2.05) is 0 Å². The highest BCUT2D eigenvalue weighted by Gasteiger charge is 2.45. The molecule has 2 heterocycles. The first-order valence-corrected chi connectivity index (χ1v) is 4.64. The van der Waals surface area contributed by atoms with Gasteiger partial charge in [0.15, 0.2) is 5.54 Å². The van der Waals surface area contributed by atoms with Crippen LogP contribution in [0.1, 0.15) is 5.56 Å². The quantitative estimate of drug-likeness (QED) is 0.641. The molecule has 5 heteroatoms. The summed E-state index contributed by atoms with van der Waals surface area (Å²) in [6.45, 7) is 0.809. The number of hydrogen-bond donors (Lipinski definition) is 2. The van der Waals surface area contributed by atoms with E-state index in [0.717, 1.165) is 5.56 Å². The van der Waals surface area contributed by atoms with Crippen molar-refractivity contribution in [3.05, 3.63) is 23.8 Å². The van der Waals surface area contributed by atoms with Crippen LogP contribution in [0.4, 0.5) is 0 Å². The summed E-state index contributed by atoms with van der Waals surface area (Å²) in [5.41, 5.74) is 5.91. The molecule has 78 valence electrons. The molecule has 5 nitrogen and oxygen atoms in total. The van der Waals surface area contributed by atoms with E-state index in [1.165, 1.54) is 0 Å². The highest BCUT2D eigenvalue weighted by molar-refractivity contribution is 5.74. The standard InChI is InChI=1S/C10H10N2O3/c11-9-12-10(5-15-9)4-14-8-3-6(13)1-2-7(8)10/h1-3,13H,4-5H2,(H2,11,12). The highest BCUT2D eigenvalue weighted by Crippen LogP contribution is 2.43. The van der Waals surface area contributed by atoms with Crippen LogP contribution < -0.4 is 10.5 Å². The molecule has 0 saturated carbocycles. The van der Waals surface area contributed by atoms with Gasteiger partial charge in [-0.25, -0.2) is 4.99 Å². The number of hydrogen-bond acceptors (Lipinski definition) is 5. The first-order valence-electron chi connectivity index (χ1n) is 4.64. The Balaban J connectivity index is 2.12. The first-order chi connectivity index (χ1) is 7.20. The van der Waals surface area contributed by atoms with Crippen molar-refractivity contribution in [1.29, 1.82) is 0 Å². The minimum Gasteiger partial charge on any atom is -0.508 e. The molecule has 0 fully saturated rings. The molecule has 0 radical (unpaired) electrons. The van der Waals surface area contributed by atoms with E-state index >= 15 is 0 Å². The normalized spacial score (nSPS) is 27.1. The van der Waals surface area contributed by atoms with Crippen molar-refractivity contribution < 1.29 is 14.6 Å². The van der Waals surface area contributed by atoms with Gasteiger partial charge in [-0.2, -0.15) is 0 Å². The maximum atomic E-state index is 9.31. The molecule has 1 aromatic carbocycles. The van der Waals surface area contributed by atoms with Crippen LogP contribution in [0.5, 0.6) is 11.5 Å². The fourth-order valence-electron chi connectivity index (χ4n) is 1.97. The highest BCUT2D eigenvalue weighted by atomic mass is 16.5. The Morgan fingerprint density at radius 2 is 2.13 bits per heavy atom. The van der Waals surface area contributed by atoms with Crippen LogP contribution in [0.25, 0.3) is 0 Å². The van der Waals surface area contributed by atoms with Gasteiger partial charge in [0.1, 0.15) is 24.7 Å². The van der Waals surface area contributed by atoms with Crippen LogP contribution in [0.3, 0.4) is 0 Å². The summed E-state index contributed by atoms with van der Waals surface area (Å²) in [5, 5.41) is 9.31. The van der Waals surface area contributed by atoms with E-state index in [1.54, 1.807) is 18.2 Å². The minimum absolute atomic E-state index is 0.182. The number of amidine groups is 1. The Kier molecular flexibility index (Phi) is 1.44. The Morgan fingerprint density at radius 3 is 2.87 bits per heavy atom. The number of phenols is 1. The summed E-state index contributed by atoms with van der Waals surface area (Å²) in [7, 11) is 0. The van der Waals surface area contributed by atoms with Crippen molar-refractivity contribution in [3.8, 4) is 11.5 Å². The van der Waals surface area contributed by atoms with Crippen molar-refractivity contribution in [2.75, 3.05) is 13.2 Å². The molecule has 15 heavy (non-hydrogen) atoms. The zero-order valence-corrected chi connectivity index (χ0v) is 7.93. The van der Waals surface area contributed by atoms with Crippen molar-refractivity contribution in [2.24, 2.45) is 10.7 Å². The van der Waals surface area contributed by atoms with E-state index in [4.69, 9.17) is 15.2 Å². The molecule has 0 aliphatic carbocycles. The summed E-state index contributed by atoms with van der Waals surface area (Å²) < 4.78 is 10.6. The van der Waals surface area contributed by atoms with Crippen molar-refractivity contribution in [3.63, 3.8) is 0 Å². The van der Waals surface area contributed by atoms with Gasteiger partial charge >= 0.3 is 0 Å². The van der Waals surface area contributed by atoms with Gasteiger partial charge in [0.2, 0.25) is 0 Å². The van der Waals surface area contributed by atoms with Gasteiger partial charge in [0, 0.05) is 11.6 Å². The summed E-state index contributed by atoms with van der Waals surface area (Å²) >= 11 is 0. The Labute approximate surface area is 86.1 Å². The average molecular weight is 206 g/mol. The number of aromatic hydroxyl groups is 1. The second kappa shape index (κ2) is 2.56. The molecule has 1 aromatic rings. The van der Waals surface area contributed by atoms with Gasteiger partial charge in [-0.05, 0) is 12.1 Å². The zero-order valence-electron chi connectivity index (χ0n) is 7.93. The molecule has 3 N–H and O–H groups in total. The lowest BCUT2D eigenvalue weighted by Gasteiger charge is -2.14. The van der Waals surface area contributed by atoms with Gasteiger partial charge in [0.25, 0.3) is 6.02 Å². The predicted molar refractivity (Wildman–Crippen MR) is 52.9 cm³/mol. The van der Waals surface area contributed by atoms with E-state index in [-0.39, 0.29) is 11.8 Å². The molecule has 0 bridgehead atoms. The largest absolute Gasteiger partial charge is 0.508 e. The second-order valence-corrected chi connectivity index (χ2v) is 3.74. The predicted octanol–water partition coefficient (Wildman–Crippen LogP) is 0.325. The Bertz CT molecular complexity index is 458. The van der Waals surface area contributed by atoms with Gasteiger partial charge in [-0.15, -0.1) is 0 Å². The fourth-order valence-corrected chi connectivity index (χ4v) is 1.97. The number of ether oxygens (including phenoxy) is 2. The number of aliphatic imine (C=N–C) groups is 1. The smallest absolute Gasteiger partial charge is 0.283 e. The van der Waals surface area contributed by atoms with Gasteiger partial charge in [-0.3, -0.25) is 0 Å². The zero-order chi connectivity index (χ0) is 10.5. The molecule has 1 unspecified atom stereocenters. The number of nitrogens with two attached hydrogens (primary N) is 1. The lowest BCUT2D eigenvalue weighted by molar-refractivity contribution is 0.207. The molecule has 1 atom stereocenters. The summed E-state index contributed by atoms with van der Waals surface area (Å²) in [5.74, 6) is 0.832. The molecule has 0 amide bonds. The number of fused-ring (bicyclic) bond motifs is 2. The third-order valence-corrected chi connectivity index (χ3v) is 2.72. The van der Waals surface area contributed by atoms with E-state index in [9.17, 15) is 5.11 Å². The molecule has 2 aliphatic rings. The Morgan fingerprint density at radius 1 is 1.33 bits per heavy atom. The summed E-state index contributed by atoms with van der Waals surface area (Å²) in [4.78, 5) is 4.26. The van der Waals surface area contributed by atoms with Crippen LogP contribution in [0, 0.1) is 0 Å². The molecular weight excluding hydrogens is 196 g/mol. The number of phenolic OH excluding ortho intramolecular Hbond substituents is 1. The minimum atomic E-state index is -0.507. The average Bonchev–Trinajstić information content (AvgIpc) is 2.73. The van der Waals surface area contributed by atoms with Crippen LogP contribution >= 0.6 is 0 Å². The lowest BCUT2D eigenvalue weighted by atomic mass is 9.94. The third-order valence-electron chi connectivity index (χ3n) is 2.72. The lowest BCUT2D eigenvalue weighted by Crippen LogP contribution is -2.26. The fraction of sp³-hybridized carbons (Fsp3) is 0.300. The topological polar surface area (TPSA) is 77.1 Å². The van der Waals surface area contributed by atoms with Gasteiger partial charge in [0.05, 0.1) is 0 Å². The molecule has 2 aliphatic heterocycles. The monoisotopic (exact) mass is 206 g/mol. The van der Waals surface area contributed by atoms with Crippen LogP contribution in [-0.4, -0.2) is 24.3 Å². The third kappa shape index (κ3) is 1.06. The van der Waals surface area contributed by atoms with Crippen molar-refractivity contribution >= 4 is 6.02 Å². The van der Waals surface area contributed by atoms with Crippen LogP contribution in [-0.2, 0) is 10.3 Å². The first kappa shape index (κ1) is 8.40. The second-order valence-electron chi connectivity index (χ2n) is 3.74. The van der Waals surface area contributed by atoms with Crippen LogP contribution in [0.15, 0.2) is 23.2 Å². The van der Waals surface area contributed by atoms with E-state index in [0.29, 0.717) is 19.0 Å². The molecule has 3 rings (SSSR count). The number of nitrogens with zero attached hydrogens (tertiary/aromatic N) is 1. The SMILES string of the molecule is NC1=NC2(CO1)COc1cc(O)ccc12.